The summed E-state index contributed by atoms with van der Waals surface area (Å²) >= 11 is 0. The van der Waals surface area contributed by atoms with Gasteiger partial charge in [-0.3, -0.25) is 4.84 Å². The highest BCUT2D eigenvalue weighted by Crippen LogP contribution is 2.37. The molecule has 0 bridgehead atoms. The molecule has 0 amide bonds. The van der Waals surface area contributed by atoms with E-state index in [2.05, 4.69) is 4.84 Å². The fraction of sp³-hybridized carbons (Fsp3) is 0.455. The number of rotatable bonds is 5. The van der Waals surface area contributed by atoms with Crippen LogP contribution in [0, 0.1) is 5.82 Å². The highest BCUT2D eigenvalue weighted by molar-refractivity contribution is 5.47. The van der Waals surface area contributed by atoms with E-state index in [1.54, 1.807) is 0 Å². The number of hydrogen-bond acceptors (Lipinski definition) is 4. The quantitative estimate of drug-likeness (QED) is 0.779. The van der Waals surface area contributed by atoms with Crippen LogP contribution in [-0.4, -0.2) is 13.2 Å². The summed E-state index contributed by atoms with van der Waals surface area (Å²) in [6, 6.07) is 2.63. The molecule has 2 N–H and O–H groups in total. The maximum atomic E-state index is 13.2. The van der Waals surface area contributed by atoms with Gasteiger partial charge in [-0.1, -0.05) is 0 Å². The molecule has 0 atom stereocenters. The van der Waals surface area contributed by atoms with E-state index in [1.165, 1.54) is 19.2 Å². The molecule has 1 fully saturated rings. The molecule has 1 aliphatic carbocycles. The van der Waals surface area contributed by atoms with Gasteiger partial charge in [-0.05, 0) is 18.9 Å². The Morgan fingerprint density at radius 1 is 1.44 bits per heavy atom. The fourth-order valence-electron chi connectivity index (χ4n) is 1.46. The van der Waals surface area contributed by atoms with Crippen molar-refractivity contribution in [3.8, 4) is 11.5 Å². The summed E-state index contributed by atoms with van der Waals surface area (Å²) in [4.78, 5) is 4.52. The monoisotopic (exact) mass is 227 g/mol. The zero-order chi connectivity index (χ0) is 11.5. The number of methoxy groups -OCH3 is 1. The summed E-state index contributed by atoms with van der Waals surface area (Å²) in [6.07, 6.45) is 2.24. The van der Waals surface area contributed by atoms with Gasteiger partial charge in [0.2, 0.25) is 0 Å². The van der Waals surface area contributed by atoms with E-state index in [0.717, 1.165) is 12.8 Å². The van der Waals surface area contributed by atoms with E-state index in [1.807, 2.05) is 0 Å². The zero-order valence-corrected chi connectivity index (χ0v) is 9.03. The summed E-state index contributed by atoms with van der Waals surface area (Å²) in [5, 5.41) is 0. The molecule has 1 aromatic rings. The van der Waals surface area contributed by atoms with Gasteiger partial charge >= 0.3 is 0 Å². The standard InChI is InChI=1S/C11H14FNO3/c1-14-10-5-8(12)4-7(6-15-13)11(10)16-9-2-3-9/h4-5,9H,2-3,6,13H2,1H3. The Labute approximate surface area is 93.1 Å². The van der Waals surface area contributed by atoms with Crippen molar-refractivity contribution in [1.29, 1.82) is 0 Å². The zero-order valence-electron chi connectivity index (χ0n) is 9.03. The van der Waals surface area contributed by atoms with E-state index >= 15 is 0 Å². The van der Waals surface area contributed by atoms with E-state index < -0.39 is 5.82 Å². The van der Waals surface area contributed by atoms with Crippen LogP contribution in [-0.2, 0) is 11.4 Å². The summed E-state index contributed by atoms with van der Waals surface area (Å²) in [6.45, 7) is 0.0934. The molecular weight excluding hydrogens is 213 g/mol. The van der Waals surface area contributed by atoms with Crippen molar-refractivity contribution in [2.24, 2.45) is 5.90 Å². The van der Waals surface area contributed by atoms with E-state index in [0.29, 0.717) is 17.1 Å². The first kappa shape index (κ1) is 11.2. The largest absolute Gasteiger partial charge is 0.493 e. The van der Waals surface area contributed by atoms with Crippen molar-refractivity contribution < 1.29 is 18.7 Å². The van der Waals surface area contributed by atoms with Crippen LogP contribution in [0.1, 0.15) is 18.4 Å². The Kier molecular flexibility index (Phi) is 3.26. The van der Waals surface area contributed by atoms with Crippen LogP contribution < -0.4 is 15.4 Å². The Bertz CT molecular complexity index is 380. The van der Waals surface area contributed by atoms with Crippen LogP contribution >= 0.6 is 0 Å². The van der Waals surface area contributed by atoms with Gasteiger partial charge in [-0.15, -0.1) is 0 Å². The molecular formula is C11H14FNO3. The minimum absolute atomic E-state index is 0.0934. The van der Waals surface area contributed by atoms with Crippen LogP contribution in [0.15, 0.2) is 12.1 Å². The molecule has 0 saturated heterocycles. The minimum Gasteiger partial charge on any atom is -0.493 e. The summed E-state index contributed by atoms with van der Waals surface area (Å²) in [5.74, 6) is 5.50. The van der Waals surface area contributed by atoms with Crippen LogP contribution in [0.25, 0.3) is 0 Å². The number of ether oxygens (including phenoxy) is 2. The lowest BCUT2D eigenvalue weighted by molar-refractivity contribution is 0.120. The second-order valence-electron chi connectivity index (χ2n) is 3.72. The highest BCUT2D eigenvalue weighted by Gasteiger charge is 2.26. The first-order chi connectivity index (χ1) is 7.74. The highest BCUT2D eigenvalue weighted by atomic mass is 19.1. The lowest BCUT2D eigenvalue weighted by Crippen LogP contribution is -2.06. The Morgan fingerprint density at radius 3 is 2.75 bits per heavy atom. The molecule has 4 nitrogen and oxygen atoms in total. The normalized spacial score (nSPS) is 14.9. The molecule has 0 aliphatic heterocycles. The van der Waals surface area contributed by atoms with E-state index in [4.69, 9.17) is 15.4 Å². The number of benzene rings is 1. The van der Waals surface area contributed by atoms with Crippen LogP contribution in [0.2, 0.25) is 0 Å². The maximum Gasteiger partial charge on any atom is 0.167 e. The minimum atomic E-state index is -0.396. The molecule has 88 valence electrons. The average Bonchev–Trinajstić information content (AvgIpc) is 3.05. The summed E-state index contributed by atoms with van der Waals surface area (Å²) in [7, 11) is 1.47. The SMILES string of the molecule is COc1cc(F)cc(CON)c1OC1CC1. The number of hydrogen-bond donors (Lipinski definition) is 1. The summed E-state index contributed by atoms with van der Waals surface area (Å²) in [5.41, 5.74) is 0.561. The van der Waals surface area contributed by atoms with Gasteiger partial charge < -0.3 is 9.47 Å². The lowest BCUT2D eigenvalue weighted by atomic mass is 10.2. The second kappa shape index (κ2) is 4.67. The van der Waals surface area contributed by atoms with Crippen molar-refractivity contribution in [2.45, 2.75) is 25.6 Å². The molecule has 0 unspecified atom stereocenters. The third-order valence-electron chi connectivity index (χ3n) is 2.36. The lowest BCUT2D eigenvalue weighted by Gasteiger charge is -2.14. The van der Waals surface area contributed by atoms with Crippen molar-refractivity contribution in [3.05, 3.63) is 23.5 Å². The predicted octanol–water partition coefficient (Wildman–Crippen LogP) is 1.77. The number of halogens is 1. The first-order valence-corrected chi connectivity index (χ1v) is 5.09. The average molecular weight is 227 g/mol. The number of nitrogens with two attached hydrogens (primary N) is 1. The Hall–Kier alpha value is -1.33. The molecule has 5 heteroatoms. The van der Waals surface area contributed by atoms with Gasteiger partial charge in [0.1, 0.15) is 5.82 Å². The fourth-order valence-corrected chi connectivity index (χ4v) is 1.46. The third kappa shape index (κ3) is 2.43. The van der Waals surface area contributed by atoms with Crippen molar-refractivity contribution in [3.63, 3.8) is 0 Å². The van der Waals surface area contributed by atoms with E-state index in [-0.39, 0.29) is 12.7 Å². The van der Waals surface area contributed by atoms with Gasteiger partial charge in [-0.2, -0.15) is 0 Å². The molecule has 16 heavy (non-hydrogen) atoms. The molecule has 2 rings (SSSR count). The van der Waals surface area contributed by atoms with Gasteiger partial charge in [0.15, 0.2) is 11.5 Å². The van der Waals surface area contributed by atoms with Gasteiger partial charge in [0, 0.05) is 11.6 Å². The van der Waals surface area contributed by atoms with Gasteiger partial charge in [0.25, 0.3) is 0 Å². The first-order valence-electron chi connectivity index (χ1n) is 5.09. The molecule has 0 aromatic heterocycles. The van der Waals surface area contributed by atoms with Crippen LogP contribution in [0.3, 0.4) is 0 Å². The topological polar surface area (TPSA) is 53.7 Å². The molecule has 0 heterocycles. The third-order valence-corrected chi connectivity index (χ3v) is 2.36. The van der Waals surface area contributed by atoms with Crippen molar-refractivity contribution in [2.75, 3.05) is 7.11 Å². The maximum absolute atomic E-state index is 13.2. The van der Waals surface area contributed by atoms with Crippen molar-refractivity contribution >= 4 is 0 Å². The van der Waals surface area contributed by atoms with Crippen molar-refractivity contribution in [1.82, 2.24) is 0 Å². The Morgan fingerprint density at radius 2 is 2.19 bits per heavy atom. The van der Waals surface area contributed by atoms with Crippen LogP contribution in [0.5, 0.6) is 11.5 Å². The van der Waals surface area contributed by atoms with Crippen LogP contribution in [0.4, 0.5) is 4.39 Å². The predicted molar refractivity (Wildman–Crippen MR) is 55.6 cm³/mol. The molecule has 0 spiro atoms. The van der Waals surface area contributed by atoms with E-state index in [9.17, 15) is 4.39 Å². The summed E-state index contributed by atoms with van der Waals surface area (Å²) < 4.78 is 24.0. The Balaban J connectivity index is 2.33. The van der Waals surface area contributed by atoms with Gasteiger partial charge in [-0.25, -0.2) is 10.3 Å². The second-order valence-corrected chi connectivity index (χ2v) is 3.72. The molecule has 1 saturated carbocycles. The molecule has 1 aliphatic rings. The molecule has 1 aromatic carbocycles. The smallest absolute Gasteiger partial charge is 0.167 e. The van der Waals surface area contributed by atoms with Gasteiger partial charge in [0.05, 0.1) is 19.8 Å². The molecule has 0 radical (unpaired) electrons.